The van der Waals surface area contributed by atoms with Gasteiger partial charge in [-0.2, -0.15) is 0 Å². The molecule has 0 atom stereocenters. The van der Waals surface area contributed by atoms with Crippen molar-refractivity contribution in [2.75, 3.05) is 20.3 Å². The molecule has 3 heterocycles. The molecule has 0 aliphatic carbocycles. The molecule has 5 aromatic rings. The summed E-state index contributed by atoms with van der Waals surface area (Å²) < 4.78 is 25.9. The molecule has 2 aromatic carbocycles. The molecule has 30 heavy (non-hydrogen) atoms. The topological polar surface area (TPSA) is 64.4 Å². The summed E-state index contributed by atoms with van der Waals surface area (Å²) in [5, 5.41) is 5.64. The van der Waals surface area contributed by atoms with E-state index >= 15 is 0 Å². The molecular weight excluding hydrogens is 383 g/mol. The fraction of sp³-hybridized carbons (Fsp3) is 0.130. The minimum atomic E-state index is -0.283. The largest absolute Gasteiger partial charge is 0.474 e. The van der Waals surface area contributed by atoms with Crippen molar-refractivity contribution in [1.82, 2.24) is 19.6 Å². The van der Waals surface area contributed by atoms with Crippen LogP contribution in [0.25, 0.3) is 38.9 Å². The number of imidazole rings is 1. The number of ether oxygens (including phenoxy) is 2. The molecule has 0 saturated heterocycles. The lowest BCUT2D eigenvalue weighted by Gasteiger charge is -2.09. The fourth-order valence-corrected chi connectivity index (χ4v) is 3.53. The zero-order valence-corrected chi connectivity index (χ0v) is 16.3. The van der Waals surface area contributed by atoms with E-state index in [9.17, 15) is 4.39 Å². The second-order valence-corrected chi connectivity index (χ2v) is 6.88. The smallest absolute Gasteiger partial charge is 0.232 e. The van der Waals surface area contributed by atoms with Crippen LogP contribution in [0.4, 0.5) is 4.39 Å². The van der Waals surface area contributed by atoms with E-state index in [0.29, 0.717) is 30.4 Å². The van der Waals surface area contributed by atoms with Crippen LogP contribution in [0.15, 0.2) is 67.0 Å². The van der Waals surface area contributed by atoms with Crippen molar-refractivity contribution in [2.24, 2.45) is 0 Å². The van der Waals surface area contributed by atoms with Gasteiger partial charge in [-0.3, -0.25) is 0 Å². The summed E-state index contributed by atoms with van der Waals surface area (Å²) in [6.07, 6.45) is 3.74. The Morgan fingerprint density at radius 3 is 2.73 bits per heavy atom. The Balaban J connectivity index is 1.70. The van der Waals surface area contributed by atoms with Gasteiger partial charge in [0.1, 0.15) is 12.4 Å². The maximum atomic E-state index is 13.3. The molecule has 6 nitrogen and oxygen atoms in total. The normalized spacial score (nSPS) is 11.4. The van der Waals surface area contributed by atoms with Gasteiger partial charge >= 0.3 is 0 Å². The molecule has 150 valence electrons. The van der Waals surface area contributed by atoms with Crippen LogP contribution < -0.4 is 4.74 Å². The summed E-state index contributed by atoms with van der Waals surface area (Å²) in [6.45, 7) is 0.857. The number of hydrogen-bond acceptors (Lipinski definition) is 4. The van der Waals surface area contributed by atoms with Gasteiger partial charge in [0, 0.05) is 41.4 Å². The van der Waals surface area contributed by atoms with Crippen LogP contribution in [-0.4, -0.2) is 39.9 Å². The SMILES string of the molecule is COCCOc1cc(-c2cccc3[nH]ccc23)c2nc(-c3ccc(F)cc3)cn2n1. The van der Waals surface area contributed by atoms with Gasteiger partial charge in [-0.15, -0.1) is 5.10 Å². The second-order valence-electron chi connectivity index (χ2n) is 6.88. The Morgan fingerprint density at radius 2 is 1.90 bits per heavy atom. The van der Waals surface area contributed by atoms with Gasteiger partial charge in [0.25, 0.3) is 0 Å². The minimum Gasteiger partial charge on any atom is -0.474 e. The number of methoxy groups -OCH3 is 1. The second kappa shape index (κ2) is 7.61. The van der Waals surface area contributed by atoms with Crippen LogP contribution >= 0.6 is 0 Å². The van der Waals surface area contributed by atoms with Gasteiger partial charge in [0.15, 0.2) is 5.65 Å². The molecule has 0 aliphatic heterocycles. The van der Waals surface area contributed by atoms with E-state index in [0.717, 1.165) is 27.6 Å². The molecule has 0 aliphatic rings. The lowest BCUT2D eigenvalue weighted by molar-refractivity contribution is 0.143. The highest BCUT2D eigenvalue weighted by Crippen LogP contribution is 2.33. The number of nitrogens with one attached hydrogen (secondary N) is 1. The third kappa shape index (κ3) is 3.29. The third-order valence-corrected chi connectivity index (χ3v) is 4.97. The summed E-state index contributed by atoms with van der Waals surface area (Å²) >= 11 is 0. The maximum absolute atomic E-state index is 13.3. The average Bonchev–Trinajstić information content (AvgIpc) is 3.41. The molecule has 0 saturated carbocycles. The highest BCUT2D eigenvalue weighted by molar-refractivity contribution is 5.98. The van der Waals surface area contributed by atoms with E-state index < -0.39 is 0 Å². The van der Waals surface area contributed by atoms with Crippen LogP contribution in [0.1, 0.15) is 0 Å². The predicted molar refractivity (Wildman–Crippen MR) is 113 cm³/mol. The quantitative estimate of drug-likeness (QED) is 0.418. The van der Waals surface area contributed by atoms with E-state index in [1.54, 1.807) is 23.8 Å². The van der Waals surface area contributed by atoms with Crippen molar-refractivity contribution in [2.45, 2.75) is 0 Å². The Kier molecular flexibility index (Phi) is 4.65. The first kappa shape index (κ1) is 18.3. The number of benzene rings is 2. The molecule has 0 spiro atoms. The monoisotopic (exact) mass is 402 g/mol. The Hall–Kier alpha value is -3.71. The third-order valence-electron chi connectivity index (χ3n) is 4.97. The number of aromatic nitrogens is 4. The van der Waals surface area contributed by atoms with Crippen molar-refractivity contribution in [1.29, 1.82) is 0 Å². The number of aromatic amines is 1. The van der Waals surface area contributed by atoms with Gasteiger partial charge < -0.3 is 14.5 Å². The highest BCUT2D eigenvalue weighted by Gasteiger charge is 2.16. The minimum absolute atomic E-state index is 0.283. The van der Waals surface area contributed by atoms with Crippen LogP contribution in [0.5, 0.6) is 5.88 Å². The van der Waals surface area contributed by atoms with E-state index in [2.05, 4.69) is 16.1 Å². The van der Waals surface area contributed by atoms with Crippen molar-refractivity contribution in [3.63, 3.8) is 0 Å². The summed E-state index contributed by atoms with van der Waals surface area (Å²) in [5.74, 6) is 0.194. The Morgan fingerprint density at radius 1 is 1.03 bits per heavy atom. The Bertz CT molecular complexity index is 1320. The molecule has 1 N–H and O–H groups in total. The van der Waals surface area contributed by atoms with Crippen LogP contribution in [0, 0.1) is 5.82 Å². The zero-order chi connectivity index (χ0) is 20.5. The number of rotatable bonds is 6. The number of H-pyrrole nitrogens is 1. The number of halogens is 1. The van der Waals surface area contributed by atoms with Crippen molar-refractivity contribution < 1.29 is 13.9 Å². The van der Waals surface area contributed by atoms with Crippen molar-refractivity contribution >= 4 is 16.6 Å². The van der Waals surface area contributed by atoms with Gasteiger partial charge in [-0.05, 0) is 42.0 Å². The van der Waals surface area contributed by atoms with E-state index in [1.165, 1.54) is 12.1 Å². The molecule has 7 heteroatoms. The van der Waals surface area contributed by atoms with E-state index in [1.807, 2.05) is 36.7 Å². The lowest BCUT2D eigenvalue weighted by atomic mass is 10.0. The first-order valence-corrected chi connectivity index (χ1v) is 9.57. The number of hydrogen-bond donors (Lipinski definition) is 1. The van der Waals surface area contributed by atoms with Crippen LogP contribution in [0.2, 0.25) is 0 Å². The summed E-state index contributed by atoms with van der Waals surface area (Å²) in [6, 6.07) is 16.3. The van der Waals surface area contributed by atoms with Gasteiger partial charge in [0.2, 0.25) is 5.88 Å². The molecule has 5 rings (SSSR count). The summed E-state index contributed by atoms with van der Waals surface area (Å²) in [4.78, 5) is 8.05. The highest BCUT2D eigenvalue weighted by atomic mass is 19.1. The summed E-state index contributed by atoms with van der Waals surface area (Å²) in [5.41, 5.74) is 5.18. The van der Waals surface area contributed by atoms with Crippen LogP contribution in [0.3, 0.4) is 0 Å². The molecule has 0 radical (unpaired) electrons. The van der Waals surface area contributed by atoms with Gasteiger partial charge in [0.05, 0.1) is 18.5 Å². The molecule has 0 amide bonds. The molecule has 0 bridgehead atoms. The van der Waals surface area contributed by atoms with Gasteiger partial charge in [-0.1, -0.05) is 12.1 Å². The Labute approximate surface area is 171 Å². The molecule has 3 aromatic heterocycles. The number of nitrogens with zero attached hydrogens (tertiary/aromatic N) is 3. The lowest BCUT2D eigenvalue weighted by Crippen LogP contribution is -2.07. The zero-order valence-electron chi connectivity index (χ0n) is 16.3. The first-order chi connectivity index (χ1) is 14.7. The first-order valence-electron chi connectivity index (χ1n) is 9.57. The van der Waals surface area contributed by atoms with Crippen LogP contribution in [-0.2, 0) is 4.74 Å². The fourth-order valence-electron chi connectivity index (χ4n) is 3.53. The maximum Gasteiger partial charge on any atom is 0.232 e. The van der Waals surface area contributed by atoms with Crippen molar-refractivity contribution in [3.05, 3.63) is 72.8 Å². The molecule has 0 unspecified atom stereocenters. The number of fused-ring (bicyclic) bond motifs is 2. The average molecular weight is 402 g/mol. The van der Waals surface area contributed by atoms with Gasteiger partial charge in [-0.25, -0.2) is 13.9 Å². The molecule has 0 fully saturated rings. The predicted octanol–water partition coefficient (Wildman–Crippen LogP) is 4.71. The summed E-state index contributed by atoms with van der Waals surface area (Å²) in [7, 11) is 1.63. The van der Waals surface area contributed by atoms with E-state index in [4.69, 9.17) is 14.5 Å². The standard InChI is InChI=1S/C23H19FN4O2/c1-29-11-12-30-22-13-19(17-3-2-4-20-18(17)9-10-25-20)23-26-21(14-28(23)27-22)15-5-7-16(24)8-6-15/h2-10,13-14,25H,11-12H2,1H3. The van der Waals surface area contributed by atoms with E-state index in [-0.39, 0.29) is 5.82 Å². The van der Waals surface area contributed by atoms with Crippen molar-refractivity contribution in [3.8, 4) is 28.3 Å². The molecular formula is C23H19FN4O2.